The smallest absolute Gasteiger partial charge is 0.387 e. The van der Waals surface area contributed by atoms with Gasteiger partial charge in [-0.15, -0.1) is 0 Å². The Morgan fingerprint density at radius 3 is 2.39 bits per heavy atom. The third-order valence-corrected chi connectivity index (χ3v) is 4.07. The van der Waals surface area contributed by atoms with Crippen LogP contribution in [0.15, 0.2) is 23.2 Å². The van der Waals surface area contributed by atoms with E-state index in [4.69, 9.17) is 16.7 Å². The van der Waals surface area contributed by atoms with Gasteiger partial charge in [0, 0.05) is 5.56 Å². The van der Waals surface area contributed by atoms with E-state index in [0.29, 0.717) is 0 Å². The quantitative estimate of drug-likeness (QED) is 0.312. The Kier molecular flexibility index (Phi) is 5.83. The van der Waals surface area contributed by atoms with E-state index in [9.17, 15) is 22.8 Å². The number of nitrogens with two attached hydrogens (primary N) is 2. The molecule has 31 heavy (non-hydrogen) atoms. The SMILES string of the molecule is N#CNC1=NC(c2ccc(OC(F)F)c(OC(F)F)c2)c2c(nc(N)c(C#N)c2N)N1. The van der Waals surface area contributed by atoms with E-state index in [1.54, 1.807) is 12.3 Å². The van der Waals surface area contributed by atoms with Crippen molar-refractivity contribution in [3.63, 3.8) is 0 Å². The van der Waals surface area contributed by atoms with Gasteiger partial charge in [0.05, 0.1) is 5.69 Å². The maximum atomic E-state index is 12.8. The largest absolute Gasteiger partial charge is 0.431 e. The molecule has 6 N–H and O–H groups in total. The molecule has 10 nitrogen and oxygen atoms in total. The zero-order valence-corrected chi connectivity index (χ0v) is 15.2. The number of hydrogen-bond acceptors (Lipinski definition) is 10. The maximum Gasteiger partial charge on any atom is 0.387 e. The zero-order valence-electron chi connectivity index (χ0n) is 15.2. The van der Waals surface area contributed by atoms with Crippen LogP contribution < -0.4 is 31.6 Å². The molecule has 1 aromatic heterocycles. The van der Waals surface area contributed by atoms with Gasteiger partial charge in [-0.2, -0.15) is 28.1 Å². The van der Waals surface area contributed by atoms with Crippen LogP contribution in [0, 0.1) is 22.8 Å². The van der Waals surface area contributed by atoms with Crippen molar-refractivity contribution in [1.29, 1.82) is 10.5 Å². The van der Waals surface area contributed by atoms with Crippen LogP contribution in [0.5, 0.6) is 11.5 Å². The second kappa shape index (κ2) is 8.50. The highest BCUT2D eigenvalue weighted by Gasteiger charge is 2.30. The van der Waals surface area contributed by atoms with Crippen molar-refractivity contribution in [2.75, 3.05) is 16.8 Å². The summed E-state index contributed by atoms with van der Waals surface area (Å²) in [6.07, 6.45) is 1.65. The maximum absolute atomic E-state index is 12.8. The minimum absolute atomic E-state index is 0.0518. The molecule has 0 spiro atoms. The molecule has 14 heteroatoms. The number of nitrogen functional groups attached to an aromatic ring is 2. The van der Waals surface area contributed by atoms with E-state index >= 15 is 0 Å². The second-order valence-corrected chi connectivity index (χ2v) is 5.87. The lowest BCUT2D eigenvalue weighted by molar-refractivity contribution is -0.0692. The summed E-state index contributed by atoms with van der Waals surface area (Å²) >= 11 is 0. The number of anilines is 3. The van der Waals surface area contributed by atoms with Crippen LogP contribution in [0.1, 0.15) is 22.7 Å². The van der Waals surface area contributed by atoms with Gasteiger partial charge >= 0.3 is 13.2 Å². The first-order valence-electron chi connectivity index (χ1n) is 8.27. The van der Waals surface area contributed by atoms with E-state index in [2.05, 4.69) is 30.1 Å². The number of benzene rings is 1. The summed E-state index contributed by atoms with van der Waals surface area (Å²) in [4.78, 5) is 8.27. The second-order valence-electron chi connectivity index (χ2n) is 5.87. The minimum atomic E-state index is -3.33. The van der Waals surface area contributed by atoms with Crippen molar-refractivity contribution >= 4 is 23.3 Å². The van der Waals surface area contributed by atoms with Gasteiger partial charge in [0.15, 0.2) is 17.7 Å². The van der Waals surface area contributed by atoms with E-state index < -0.39 is 30.8 Å². The Hall–Kier alpha value is -4.46. The van der Waals surface area contributed by atoms with E-state index in [1.807, 2.05) is 0 Å². The van der Waals surface area contributed by atoms with Crippen LogP contribution >= 0.6 is 0 Å². The van der Waals surface area contributed by atoms with Crippen molar-refractivity contribution < 1.29 is 27.0 Å². The van der Waals surface area contributed by atoms with Crippen molar-refractivity contribution in [2.45, 2.75) is 19.3 Å². The molecule has 3 rings (SSSR count). The average molecular weight is 436 g/mol. The number of nitrogens with zero attached hydrogens (tertiary/aromatic N) is 4. The summed E-state index contributed by atoms with van der Waals surface area (Å²) < 4.78 is 59.3. The summed E-state index contributed by atoms with van der Waals surface area (Å²) in [7, 11) is 0. The van der Waals surface area contributed by atoms with Crippen molar-refractivity contribution in [3.05, 3.63) is 34.9 Å². The molecule has 0 aliphatic carbocycles. The van der Waals surface area contributed by atoms with Gasteiger partial charge in [-0.3, -0.25) is 5.32 Å². The summed E-state index contributed by atoms with van der Waals surface area (Å²) in [5.41, 5.74) is 11.9. The number of guanidine groups is 1. The van der Waals surface area contributed by atoms with Crippen LogP contribution in [0.4, 0.5) is 34.9 Å². The highest BCUT2D eigenvalue weighted by molar-refractivity contribution is 5.98. The first-order chi connectivity index (χ1) is 14.7. The van der Waals surface area contributed by atoms with Gasteiger partial charge in [-0.05, 0) is 17.7 Å². The molecular formula is C17H12F4N8O2. The Morgan fingerprint density at radius 2 is 1.77 bits per heavy atom. The molecule has 0 saturated carbocycles. The van der Waals surface area contributed by atoms with Crippen LogP contribution in [-0.2, 0) is 0 Å². The number of pyridine rings is 1. The highest BCUT2D eigenvalue weighted by atomic mass is 19.3. The number of fused-ring (bicyclic) bond motifs is 1. The molecule has 0 radical (unpaired) electrons. The number of aliphatic imine (C=N–C) groups is 1. The van der Waals surface area contributed by atoms with E-state index in [1.165, 1.54) is 6.07 Å². The Balaban J connectivity index is 2.19. The molecule has 1 atom stereocenters. The first kappa shape index (κ1) is 21.3. The molecule has 1 aliphatic heterocycles. The number of rotatable bonds is 5. The fourth-order valence-electron chi connectivity index (χ4n) is 2.90. The van der Waals surface area contributed by atoms with Gasteiger partial charge < -0.3 is 26.3 Å². The Labute approximate surface area is 171 Å². The van der Waals surface area contributed by atoms with Crippen LogP contribution in [-0.4, -0.2) is 24.2 Å². The van der Waals surface area contributed by atoms with Gasteiger partial charge in [0.1, 0.15) is 29.3 Å². The van der Waals surface area contributed by atoms with Crippen LogP contribution in [0.3, 0.4) is 0 Å². The molecule has 160 valence electrons. The van der Waals surface area contributed by atoms with Gasteiger partial charge in [0.25, 0.3) is 0 Å². The third-order valence-electron chi connectivity index (χ3n) is 4.07. The summed E-state index contributed by atoms with van der Waals surface area (Å²) in [5, 5.41) is 23.1. The number of nitrogens with one attached hydrogen (secondary N) is 2. The van der Waals surface area contributed by atoms with Crippen molar-refractivity contribution in [1.82, 2.24) is 10.3 Å². The normalized spacial score (nSPS) is 14.7. The number of alkyl halides is 4. The molecule has 0 fully saturated rings. The van der Waals surface area contributed by atoms with Crippen molar-refractivity contribution in [3.8, 4) is 23.8 Å². The number of ether oxygens (including phenoxy) is 2. The lowest BCUT2D eigenvalue weighted by atomic mass is 9.95. The van der Waals surface area contributed by atoms with E-state index in [-0.39, 0.29) is 40.0 Å². The molecule has 0 saturated heterocycles. The number of hydrogen-bond donors (Lipinski definition) is 4. The van der Waals surface area contributed by atoms with Gasteiger partial charge in [-0.1, -0.05) is 6.07 Å². The number of nitriles is 2. The lowest BCUT2D eigenvalue weighted by Crippen LogP contribution is -2.32. The van der Waals surface area contributed by atoms with Gasteiger partial charge in [-0.25, -0.2) is 9.98 Å². The molecule has 1 aromatic carbocycles. The Bertz CT molecular complexity index is 1130. The summed E-state index contributed by atoms with van der Waals surface area (Å²) in [6.45, 7) is -6.61. The predicted octanol–water partition coefficient (Wildman–Crippen LogP) is 2.26. The molecule has 2 aromatic rings. The Morgan fingerprint density at radius 1 is 1.10 bits per heavy atom. The fourth-order valence-corrected chi connectivity index (χ4v) is 2.90. The van der Waals surface area contributed by atoms with Crippen LogP contribution in [0.2, 0.25) is 0 Å². The lowest BCUT2D eigenvalue weighted by Gasteiger charge is -2.26. The monoisotopic (exact) mass is 436 g/mol. The van der Waals surface area contributed by atoms with Crippen molar-refractivity contribution in [2.24, 2.45) is 4.99 Å². The van der Waals surface area contributed by atoms with E-state index in [0.717, 1.165) is 12.1 Å². The number of halogens is 4. The fraction of sp³-hybridized carbons (Fsp3) is 0.176. The molecule has 1 aliphatic rings. The van der Waals surface area contributed by atoms with Crippen LogP contribution in [0.25, 0.3) is 0 Å². The standard InChI is InChI=1S/C17H12F4N8O2/c18-15(19)30-8-2-1-6(3-9(8)31-16(20)21)12-10-11(24)7(4-22)13(25)28-14(10)29-17(27-12)26-5-23/h1-3,12,15-16H,(H6,24,25,26,27,28,29). The topological polar surface area (TPSA) is 167 Å². The number of aromatic nitrogens is 1. The predicted molar refractivity (Wildman–Crippen MR) is 99.1 cm³/mol. The minimum Gasteiger partial charge on any atom is -0.431 e. The molecule has 0 bridgehead atoms. The first-order valence-corrected chi connectivity index (χ1v) is 8.27. The highest BCUT2D eigenvalue weighted by Crippen LogP contribution is 2.42. The summed E-state index contributed by atoms with van der Waals surface area (Å²) in [6, 6.07) is 3.96. The molecular weight excluding hydrogens is 424 g/mol. The summed E-state index contributed by atoms with van der Waals surface area (Å²) in [5.74, 6) is -1.53. The average Bonchev–Trinajstić information content (AvgIpc) is 2.68. The molecule has 1 unspecified atom stereocenters. The zero-order chi connectivity index (χ0) is 22.7. The van der Waals surface area contributed by atoms with Gasteiger partial charge in [0.2, 0.25) is 5.96 Å². The molecule has 2 heterocycles. The molecule has 0 amide bonds. The third kappa shape index (κ3) is 4.27.